The summed E-state index contributed by atoms with van der Waals surface area (Å²) in [5.74, 6) is 6.77. The van der Waals surface area contributed by atoms with Crippen molar-refractivity contribution < 1.29 is 9.53 Å². The molecule has 4 fully saturated rings. The van der Waals surface area contributed by atoms with Gasteiger partial charge in [-0.3, -0.25) is 0 Å². The molecule has 6 atom stereocenters. The molecular formula is C33H64O2Si. The van der Waals surface area contributed by atoms with Crippen molar-refractivity contribution >= 4 is 8.32 Å². The zero-order valence-electron chi connectivity index (χ0n) is 25.9. The Balaban J connectivity index is 0.000000205. The summed E-state index contributed by atoms with van der Waals surface area (Å²) >= 11 is 0. The molecule has 0 radical (unpaired) electrons. The highest BCUT2D eigenvalue weighted by Gasteiger charge is 2.44. The normalized spacial score (nSPS) is 46.5. The van der Waals surface area contributed by atoms with Gasteiger partial charge in [-0.05, 0) is 145 Å². The van der Waals surface area contributed by atoms with Gasteiger partial charge >= 0.3 is 0 Å². The molecule has 0 aromatic rings. The number of aliphatic hydroxyl groups is 1. The Bertz CT molecular complexity index is 653. The third-order valence-corrected chi connectivity index (χ3v) is 12.5. The maximum atomic E-state index is 10.4. The standard InChI is InChI=1S/C18H36OSi.C15H28O/c1-14-7-10-16(11-8-14)17-12-9-15(2)18(3,13-17)19-20(4,5)6;1-11-4-7-13(8-5-11)14-9-6-12(2)15(3,16)10-14/h14-17H,7-13H2,1-6H3;11-14,16H,4-10H2,1-3H3. The van der Waals surface area contributed by atoms with Crippen LogP contribution in [0.2, 0.25) is 19.6 Å². The van der Waals surface area contributed by atoms with Crippen LogP contribution in [0.25, 0.3) is 0 Å². The Labute approximate surface area is 227 Å². The Morgan fingerprint density at radius 3 is 1.36 bits per heavy atom. The summed E-state index contributed by atoms with van der Waals surface area (Å²) in [4.78, 5) is 0. The van der Waals surface area contributed by atoms with Gasteiger partial charge in [0.1, 0.15) is 0 Å². The van der Waals surface area contributed by atoms with Crippen molar-refractivity contribution in [2.75, 3.05) is 0 Å². The molecular weight excluding hydrogens is 456 g/mol. The first-order valence-corrected chi connectivity index (χ1v) is 19.5. The van der Waals surface area contributed by atoms with Crippen LogP contribution in [0.4, 0.5) is 0 Å². The molecule has 212 valence electrons. The van der Waals surface area contributed by atoms with Gasteiger partial charge in [-0.2, -0.15) is 0 Å². The lowest BCUT2D eigenvalue weighted by molar-refractivity contribution is -0.0574. The average molecular weight is 521 g/mol. The van der Waals surface area contributed by atoms with Crippen LogP contribution in [0.5, 0.6) is 0 Å². The van der Waals surface area contributed by atoms with E-state index in [0.717, 1.165) is 47.8 Å². The van der Waals surface area contributed by atoms with Gasteiger partial charge < -0.3 is 9.53 Å². The molecule has 2 nitrogen and oxygen atoms in total. The minimum Gasteiger partial charge on any atom is -0.412 e. The first-order valence-electron chi connectivity index (χ1n) is 16.1. The second kappa shape index (κ2) is 12.5. The molecule has 4 aliphatic rings. The molecule has 0 aromatic carbocycles. The number of rotatable bonds is 4. The lowest BCUT2D eigenvalue weighted by Crippen LogP contribution is -2.49. The molecule has 1 N–H and O–H groups in total. The second-order valence-corrected chi connectivity index (χ2v) is 20.2. The van der Waals surface area contributed by atoms with E-state index in [4.69, 9.17) is 4.43 Å². The van der Waals surface area contributed by atoms with Crippen LogP contribution < -0.4 is 0 Å². The first-order chi connectivity index (χ1) is 16.7. The van der Waals surface area contributed by atoms with E-state index < -0.39 is 13.9 Å². The van der Waals surface area contributed by atoms with E-state index in [1.54, 1.807) is 0 Å². The first kappa shape index (κ1) is 30.7. The predicted octanol–water partition coefficient (Wildman–Crippen LogP) is 9.86. The number of hydrogen-bond acceptors (Lipinski definition) is 2. The monoisotopic (exact) mass is 520 g/mol. The molecule has 4 aliphatic carbocycles. The molecule has 0 saturated heterocycles. The van der Waals surface area contributed by atoms with Gasteiger partial charge in [-0.25, -0.2) is 0 Å². The minimum atomic E-state index is -1.45. The highest BCUT2D eigenvalue weighted by Crippen LogP contribution is 2.47. The summed E-state index contributed by atoms with van der Waals surface area (Å²) < 4.78 is 6.66. The molecule has 0 heterocycles. The van der Waals surface area contributed by atoms with Gasteiger partial charge in [0.05, 0.1) is 11.2 Å². The van der Waals surface area contributed by atoms with Crippen molar-refractivity contribution in [1.29, 1.82) is 0 Å². The fourth-order valence-electron chi connectivity index (χ4n) is 8.36. The van der Waals surface area contributed by atoms with Crippen molar-refractivity contribution in [2.24, 2.45) is 47.3 Å². The van der Waals surface area contributed by atoms with E-state index in [2.05, 4.69) is 61.2 Å². The molecule has 0 aliphatic heterocycles. The van der Waals surface area contributed by atoms with Crippen LogP contribution in [0.3, 0.4) is 0 Å². The fourth-order valence-corrected chi connectivity index (χ4v) is 10.0. The molecule has 0 aromatic heterocycles. The Hall–Kier alpha value is 0.137. The maximum absolute atomic E-state index is 10.4. The SMILES string of the molecule is CC1CCC(C2CCC(C)C(C)(O)C2)CC1.CC1CCC(C2CCC(C)C(C)(O[Si](C)(C)C)C2)CC1. The summed E-state index contributed by atoms with van der Waals surface area (Å²) in [5, 5.41) is 10.4. The van der Waals surface area contributed by atoms with Crippen LogP contribution in [-0.2, 0) is 4.43 Å². The largest absolute Gasteiger partial charge is 0.412 e. The molecule has 0 bridgehead atoms. The van der Waals surface area contributed by atoms with Gasteiger partial charge in [0.25, 0.3) is 0 Å². The molecule has 0 amide bonds. The quantitative estimate of drug-likeness (QED) is 0.374. The lowest BCUT2D eigenvalue weighted by Gasteiger charge is -2.49. The fraction of sp³-hybridized carbons (Fsp3) is 1.00. The van der Waals surface area contributed by atoms with Crippen molar-refractivity contribution in [3.8, 4) is 0 Å². The topological polar surface area (TPSA) is 29.5 Å². The Kier molecular flexibility index (Phi) is 10.7. The van der Waals surface area contributed by atoms with E-state index in [0.29, 0.717) is 5.92 Å². The summed E-state index contributed by atoms with van der Waals surface area (Å²) in [6.45, 7) is 20.9. The highest BCUT2D eigenvalue weighted by atomic mass is 28.4. The van der Waals surface area contributed by atoms with Crippen molar-refractivity contribution in [3.05, 3.63) is 0 Å². The third kappa shape index (κ3) is 8.57. The van der Waals surface area contributed by atoms with Gasteiger partial charge in [0.2, 0.25) is 0 Å². The minimum absolute atomic E-state index is 0.149. The van der Waals surface area contributed by atoms with Gasteiger partial charge in [0, 0.05) is 0 Å². The van der Waals surface area contributed by atoms with E-state index in [9.17, 15) is 5.11 Å². The molecule has 4 saturated carbocycles. The molecule has 6 unspecified atom stereocenters. The number of hydrogen-bond donors (Lipinski definition) is 1. The second-order valence-electron chi connectivity index (χ2n) is 15.8. The molecule has 3 heteroatoms. The van der Waals surface area contributed by atoms with Crippen molar-refractivity contribution in [1.82, 2.24) is 0 Å². The third-order valence-electron chi connectivity index (χ3n) is 11.4. The zero-order chi connectivity index (χ0) is 26.7. The van der Waals surface area contributed by atoms with Crippen LogP contribution in [0.1, 0.15) is 131 Å². The average Bonchev–Trinajstić information content (AvgIpc) is 2.78. The van der Waals surface area contributed by atoms with Crippen molar-refractivity contribution in [3.63, 3.8) is 0 Å². The zero-order valence-corrected chi connectivity index (χ0v) is 26.9. The van der Waals surface area contributed by atoms with Gasteiger partial charge in [-0.15, -0.1) is 0 Å². The van der Waals surface area contributed by atoms with Gasteiger partial charge in [0.15, 0.2) is 8.32 Å². The Morgan fingerprint density at radius 2 is 0.944 bits per heavy atom. The summed E-state index contributed by atoms with van der Waals surface area (Å²) in [7, 11) is -1.45. The maximum Gasteiger partial charge on any atom is 0.184 e. The van der Waals surface area contributed by atoms with E-state index in [-0.39, 0.29) is 5.60 Å². The van der Waals surface area contributed by atoms with Crippen LogP contribution >= 0.6 is 0 Å². The van der Waals surface area contributed by atoms with E-state index in [1.165, 1.54) is 83.5 Å². The molecule has 36 heavy (non-hydrogen) atoms. The summed E-state index contributed by atoms with van der Waals surface area (Å²) in [5.41, 5.74) is -0.248. The van der Waals surface area contributed by atoms with Crippen LogP contribution in [0, 0.1) is 47.3 Å². The lowest BCUT2D eigenvalue weighted by atomic mass is 9.65. The van der Waals surface area contributed by atoms with Crippen LogP contribution in [0.15, 0.2) is 0 Å². The van der Waals surface area contributed by atoms with E-state index in [1.807, 2.05) is 0 Å². The summed E-state index contributed by atoms with van der Waals surface area (Å²) in [6.07, 6.45) is 19.3. The van der Waals surface area contributed by atoms with Crippen molar-refractivity contribution in [2.45, 2.75) is 162 Å². The summed E-state index contributed by atoms with van der Waals surface area (Å²) in [6, 6.07) is 0. The molecule has 4 rings (SSSR count). The smallest absolute Gasteiger partial charge is 0.184 e. The predicted molar refractivity (Wildman–Crippen MR) is 159 cm³/mol. The Morgan fingerprint density at radius 1 is 0.556 bits per heavy atom. The van der Waals surface area contributed by atoms with E-state index >= 15 is 0 Å². The highest BCUT2D eigenvalue weighted by molar-refractivity contribution is 6.69. The molecule has 0 spiro atoms. The van der Waals surface area contributed by atoms with Crippen LogP contribution in [-0.4, -0.2) is 24.6 Å². The van der Waals surface area contributed by atoms with Gasteiger partial charge in [-0.1, -0.05) is 53.4 Å².